The Kier molecular flexibility index (Phi) is 6.52. The van der Waals surface area contributed by atoms with Gasteiger partial charge in [-0.3, -0.25) is 9.59 Å². The molecule has 0 radical (unpaired) electrons. The predicted molar refractivity (Wildman–Crippen MR) is 130 cm³/mol. The Morgan fingerprint density at radius 1 is 0.829 bits per heavy atom. The van der Waals surface area contributed by atoms with Crippen LogP contribution in [0.5, 0.6) is 23.0 Å². The molecule has 0 unspecified atom stereocenters. The van der Waals surface area contributed by atoms with E-state index in [0.717, 1.165) is 17.5 Å². The van der Waals surface area contributed by atoms with Crippen LogP contribution >= 0.6 is 0 Å². The van der Waals surface area contributed by atoms with Crippen molar-refractivity contribution in [3.63, 3.8) is 0 Å². The summed E-state index contributed by atoms with van der Waals surface area (Å²) < 4.78 is 22.0. The predicted octanol–water partition coefficient (Wildman–Crippen LogP) is 4.16. The molecule has 3 aromatic carbocycles. The molecule has 3 aromatic rings. The summed E-state index contributed by atoms with van der Waals surface area (Å²) in [5, 5.41) is 5.67. The highest BCUT2D eigenvalue weighted by atomic mass is 16.7. The molecular weight excluding hydrogens is 448 g/mol. The fourth-order valence-corrected chi connectivity index (χ4v) is 3.75. The Balaban J connectivity index is 1.22. The fourth-order valence-electron chi connectivity index (χ4n) is 3.75. The van der Waals surface area contributed by atoms with E-state index in [-0.39, 0.29) is 18.6 Å². The van der Waals surface area contributed by atoms with Crippen LogP contribution in [0.15, 0.2) is 66.7 Å². The molecule has 0 aliphatic carbocycles. The molecule has 0 spiro atoms. The number of fused-ring (bicyclic) bond motifs is 2. The van der Waals surface area contributed by atoms with E-state index in [1.165, 1.54) is 6.08 Å². The van der Waals surface area contributed by atoms with E-state index < -0.39 is 0 Å². The van der Waals surface area contributed by atoms with Crippen molar-refractivity contribution < 1.29 is 28.5 Å². The van der Waals surface area contributed by atoms with Crippen molar-refractivity contribution in [1.82, 2.24) is 5.32 Å². The van der Waals surface area contributed by atoms with Crippen molar-refractivity contribution in [2.45, 2.75) is 13.0 Å². The van der Waals surface area contributed by atoms with E-state index in [0.29, 0.717) is 54.0 Å². The van der Waals surface area contributed by atoms with Crippen LogP contribution in [0, 0.1) is 0 Å². The van der Waals surface area contributed by atoms with Gasteiger partial charge in [-0.25, -0.2) is 0 Å². The van der Waals surface area contributed by atoms with Gasteiger partial charge in [0.25, 0.3) is 5.91 Å². The van der Waals surface area contributed by atoms with Crippen LogP contribution in [-0.4, -0.2) is 31.8 Å². The summed E-state index contributed by atoms with van der Waals surface area (Å²) >= 11 is 0. The van der Waals surface area contributed by atoms with Crippen LogP contribution in [-0.2, 0) is 11.3 Å². The van der Waals surface area contributed by atoms with Crippen LogP contribution < -0.4 is 29.6 Å². The number of hydrogen-bond acceptors (Lipinski definition) is 6. The second-order valence-electron chi connectivity index (χ2n) is 8.00. The minimum Gasteiger partial charge on any atom is -0.490 e. The van der Waals surface area contributed by atoms with Gasteiger partial charge in [0.1, 0.15) is 0 Å². The second-order valence-corrected chi connectivity index (χ2v) is 8.00. The third-order valence-corrected chi connectivity index (χ3v) is 5.52. The van der Waals surface area contributed by atoms with E-state index in [4.69, 9.17) is 18.9 Å². The van der Waals surface area contributed by atoms with Crippen LogP contribution in [0.2, 0.25) is 0 Å². The SMILES string of the molecule is O=C(/C=C/c1ccc2c(c1)OCCCO2)Nc1ccccc1C(=O)NCc1ccc2c(c1)OCO2. The second kappa shape index (κ2) is 10.2. The Labute approximate surface area is 202 Å². The van der Waals surface area contributed by atoms with Gasteiger partial charge >= 0.3 is 0 Å². The lowest BCUT2D eigenvalue weighted by molar-refractivity contribution is -0.111. The summed E-state index contributed by atoms with van der Waals surface area (Å²) in [5.74, 6) is 2.05. The van der Waals surface area contributed by atoms with Gasteiger partial charge in [-0.05, 0) is 53.6 Å². The smallest absolute Gasteiger partial charge is 0.253 e. The summed E-state index contributed by atoms with van der Waals surface area (Å²) in [6, 6.07) is 17.9. The lowest BCUT2D eigenvalue weighted by Crippen LogP contribution is -2.24. The zero-order chi connectivity index (χ0) is 24.0. The number of carbonyl (C=O) groups is 2. The first-order valence-electron chi connectivity index (χ1n) is 11.3. The molecule has 0 bridgehead atoms. The number of nitrogens with one attached hydrogen (secondary N) is 2. The molecule has 2 aliphatic rings. The van der Waals surface area contributed by atoms with Crippen molar-refractivity contribution >= 4 is 23.6 Å². The minimum atomic E-state index is -0.354. The molecule has 0 atom stereocenters. The maximum absolute atomic E-state index is 12.8. The van der Waals surface area contributed by atoms with E-state index in [9.17, 15) is 9.59 Å². The Hall–Kier alpha value is -4.46. The summed E-state index contributed by atoms with van der Waals surface area (Å²) in [6.07, 6.45) is 3.93. The Morgan fingerprint density at radius 3 is 2.49 bits per heavy atom. The van der Waals surface area contributed by atoms with Crippen LogP contribution in [0.4, 0.5) is 5.69 Å². The number of carbonyl (C=O) groups excluding carboxylic acids is 2. The van der Waals surface area contributed by atoms with E-state index >= 15 is 0 Å². The molecular formula is C27H24N2O6. The summed E-state index contributed by atoms with van der Waals surface area (Å²) in [7, 11) is 0. The summed E-state index contributed by atoms with van der Waals surface area (Å²) in [5.41, 5.74) is 2.47. The summed E-state index contributed by atoms with van der Waals surface area (Å²) in [6.45, 7) is 1.71. The standard InChI is InChI=1S/C27H24N2O6/c30-26(11-8-18-6-9-22-24(14-18)33-13-3-12-32-22)29-21-5-2-1-4-20(21)27(31)28-16-19-7-10-23-25(15-19)35-17-34-23/h1-2,4-11,14-15H,3,12-13,16-17H2,(H,28,31)(H,29,30)/b11-8+. The highest BCUT2D eigenvalue weighted by molar-refractivity contribution is 6.07. The average molecular weight is 472 g/mol. The van der Waals surface area contributed by atoms with Crippen molar-refractivity contribution in [2.75, 3.05) is 25.3 Å². The minimum absolute atomic E-state index is 0.196. The van der Waals surface area contributed by atoms with Gasteiger partial charge < -0.3 is 29.6 Å². The number of amides is 2. The third-order valence-electron chi connectivity index (χ3n) is 5.52. The van der Waals surface area contributed by atoms with Crippen LogP contribution in [0.1, 0.15) is 27.9 Å². The van der Waals surface area contributed by atoms with Gasteiger partial charge in [-0.2, -0.15) is 0 Å². The monoisotopic (exact) mass is 472 g/mol. The number of benzene rings is 3. The molecule has 5 rings (SSSR count). The maximum Gasteiger partial charge on any atom is 0.253 e. The molecule has 2 heterocycles. The highest BCUT2D eigenvalue weighted by Gasteiger charge is 2.15. The first-order valence-corrected chi connectivity index (χ1v) is 11.3. The lowest BCUT2D eigenvalue weighted by atomic mass is 10.1. The first kappa shape index (κ1) is 22.3. The summed E-state index contributed by atoms with van der Waals surface area (Å²) in [4.78, 5) is 25.4. The van der Waals surface area contributed by atoms with E-state index in [1.54, 1.807) is 30.3 Å². The Morgan fingerprint density at radius 2 is 1.57 bits per heavy atom. The number of para-hydroxylation sites is 1. The van der Waals surface area contributed by atoms with E-state index in [1.807, 2.05) is 36.4 Å². The maximum atomic E-state index is 12.8. The normalized spacial score (nSPS) is 13.8. The average Bonchev–Trinajstić information content (AvgIpc) is 3.22. The highest BCUT2D eigenvalue weighted by Crippen LogP contribution is 2.33. The van der Waals surface area contributed by atoms with Gasteiger partial charge in [0.2, 0.25) is 12.7 Å². The zero-order valence-electron chi connectivity index (χ0n) is 18.9. The van der Waals surface area contributed by atoms with Gasteiger partial charge in [-0.15, -0.1) is 0 Å². The molecule has 0 fully saturated rings. The molecule has 178 valence electrons. The zero-order valence-corrected chi connectivity index (χ0v) is 18.9. The molecule has 35 heavy (non-hydrogen) atoms. The molecule has 0 saturated carbocycles. The van der Waals surface area contributed by atoms with Crippen molar-refractivity contribution in [1.29, 1.82) is 0 Å². The van der Waals surface area contributed by atoms with Gasteiger partial charge in [0, 0.05) is 19.0 Å². The molecule has 0 aromatic heterocycles. The first-order chi connectivity index (χ1) is 17.2. The van der Waals surface area contributed by atoms with Gasteiger partial charge in [-0.1, -0.05) is 24.3 Å². The van der Waals surface area contributed by atoms with E-state index in [2.05, 4.69) is 10.6 Å². The van der Waals surface area contributed by atoms with Crippen molar-refractivity contribution in [2.24, 2.45) is 0 Å². The topological polar surface area (TPSA) is 95.1 Å². The number of hydrogen-bond donors (Lipinski definition) is 2. The molecule has 8 heteroatoms. The van der Waals surface area contributed by atoms with Crippen LogP contribution in [0.3, 0.4) is 0 Å². The quantitative estimate of drug-likeness (QED) is 0.523. The molecule has 2 N–H and O–H groups in total. The third kappa shape index (κ3) is 5.38. The molecule has 0 saturated heterocycles. The molecule has 2 aliphatic heterocycles. The number of anilines is 1. The number of ether oxygens (including phenoxy) is 4. The fraction of sp³-hybridized carbons (Fsp3) is 0.185. The van der Waals surface area contributed by atoms with Crippen LogP contribution in [0.25, 0.3) is 6.08 Å². The number of rotatable bonds is 6. The molecule has 2 amide bonds. The van der Waals surface area contributed by atoms with Gasteiger partial charge in [0.05, 0.1) is 24.5 Å². The largest absolute Gasteiger partial charge is 0.490 e. The lowest BCUT2D eigenvalue weighted by Gasteiger charge is -2.11. The Bertz CT molecular complexity index is 1290. The van der Waals surface area contributed by atoms with Crippen molar-refractivity contribution in [3.8, 4) is 23.0 Å². The van der Waals surface area contributed by atoms with Gasteiger partial charge in [0.15, 0.2) is 23.0 Å². The van der Waals surface area contributed by atoms with Crippen molar-refractivity contribution in [3.05, 3.63) is 83.4 Å². The molecule has 8 nitrogen and oxygen atoms in total.